The van der Waals surface area contributed by atoms with E-state index in [0.717, 1.165) is 16.3 Å². The second-order valence-corrected chi connectivity index (χ2v) is 5.83. The average Bonchev–Trinajstić information content (AvgIpc) is 2.88. The van der Waals surface area contributed by atoms with Gasteiger partial charge in [0.1, 0.15) is 5.71 Å². The lowest BCUT2D eigenvalue weighted by atomic mass is 10.1. The molecule has 5 heteroatoms. The Morgan fingerprint density at radius 3 is 2.38 bits per heavy atom. The molecule has 0 saturated carbocycles. The summed E-state index contributed by atoms with van der Waals surface area (Å²) in [6, 6.07) is 17.9. The quantitative estimate of drug-likeness (QED) is 0.724. The first-order valence-corrected chi connectivity index (χ1v) is 7.74. The van der Waals surface area contributed by atoms with E-state index in [2.05, 4.69) is 10.5 Å². The zero-order valence-electron chi connectivity index (χ0n) is 12.4. The van der Waals surface area contributed by atoms with E-state index in [9.17, 15) is 9.59 Å². The number of rotatable bonds is 2. The Kier molecular flexibility index (Phi) is 3.40. The van der Waals surface area contributed by atoms with Crippen LogP contribution in [0.25, 0.3) is 10.8 Å². The Morgan fingerprint density at radius 1 is 0.917 bits per heavy atom. The summed E-state index contributed by atoms with van der Waals surface area (Å²) in [4.78, 5) is 24.8. The second kappa shape index (κ2) is 5.58. The molecule has 1 amide bonds. The summed E-state index contributed by atoms with van der Waals surface area (Å²) in [6.07, 6.45) is 0. The molecule has 0 spiro atoms. The zero-order chi connectivity index (χ0) is 16.7. The van der Waals surface area contributed by atoms with Crippen LogP contribution in [-0.4, -0.2) is 17.4 Å². The lowest BCUT2D eigenvalue weighted by molar-refractivity contribution is 0.0955. The van der Waals surface area contributed by atoms with Crippen LogP contribution in [0.2, 0.25) is 5.02 Å². The highest BCUT2D eigenvalue weighted by atomic mass is 35.5. The van der Waals surface area contributed by atoms with Gasteiger partial charge in [0.2, 0.25) is 5.78 Å². The number of ketones is 1. The van der Waals surface area contributed by atoms with Crippen molar-refractivity contribution in [2.24, 2.45) is 5.10 Å². The molecule has 0 aliphatic heterocycles. The molecule has 4 rings (SSSR count). The molecule has 1 aliphatic rings. The van der Waals surface area contributed by atoms with Crippen LogP contribution < -0.4 is 5.43 Å². The Hall–Kier alpha value is -2.98. The standard InChI is InChI=1S/C19H11ClN2O2/c20-15-10-2-1-7-12(15)19(24)22-21-17-13-8-3-5-11-6-4-9-14(16(11)13)18(17)23/h1-10H,(H,22,24)/b21-17-. The van der Waals surface area contributed by atoms with Crippen molar-refractivity contribution in [2.75, 3.05) is 0 Å². The van der Waals surface area contributed by atoms with E-state index in [4.69, 9.17) is 11.6 Å². The van der Waals surface area contributed by atoms with E-state index < -0.39 is 5.91 Å². The fourth-order valence-electron chi connectivity index (χ4n) is 2.90. The summed E-state index contributed by atoms with van der Waals surface area (Å²) in [5.74, 6) is -0.648. The fourth-order valence-corrected chi connectivity index (χ4v) is 3.12. The van der Waals surface area contributed by atoms with E-state index in [0.29, 0.717) is 16.1 Å². The number of Topliss-reactive ketones (excluding diaryl/α,β-unsaturated/α-hetero) is 1. The molecule has 0 fully saturated rings. The van der Waals surface area contributed by atoms with Gasteiger partial charge in [-0.2, -0.15) is 5.10 Å². The minimum absolute atomic E-state index is 0.193. The number of carbonyl (C=O) groups is 2. The summed E-state index contributed by atoms with van der Waals surface area (Å²) in [6.45, 7) is 0. The first-order valence-electron chi connectivity index (χ1n) is 7.36. The smallest absolute Gasteiger partial charge is 0.272 e. The van der Waals surface area contributed by atoms with Crippen LogP contribution in [0, 0.1) is 0 Å². The van der Waals surface area contributed by atoms with Gasteiger partial charge in [-0.3, -0.25) is 9.59 Å². The predicted octanol–water partition coefficient (Wildman–Crippen LogP) is 3.82. The summed E-state index contributed by atoms with van der Waals surface area (Å²) in [5, 5.41) is 6.25. The summed E-state index contributed by atoms with van der Waals surface area (Å²) in [5.41, 5.74) is 4.32. The third-order valence-electron chi connectivity index (χ3n) is 4.01. The largest absolute Gasteiger partial charge is 0.287 e. The molecular formula is C19H11ClN2O2. The molecule has 1 aliphatic carbocycles. The minimum Gasteiger partial charge on any atom is -0.287 e. The van der Waals surface area contributed by atoms with E-state index in [1.165, 1.54) is 0 Å². The Labute approximate surface area is 142 Å². The maximum Gasteiger partial charge on any atom is 0.272 e. The van der Waals surface area contributed by atoms with E-state index >= 15 is 0 Å². The number of nitrogens with one attached hydrogen (secondary N) is 1. The summed E-state index contributed by atoms with van der Waals surface area (Å²) in [7, 11) is 0. The van der Waals surface area contributed by atoms with Crippen LogP contribution in [0.3, 0.4) is 0 Å². The second-order valence-electron chi connectivity index (χ2n) is 5.42. The predicted molar refractivity (Wildman–Crippen MR) is 93.7 cm³/mol. The van der Waals surface area contributed by atoms with Gasteiger partial charge in [-0.25, -0.2) is 5.43 Å². The molecule has 0 atom stereocenters. The first-order chi connectivity index (χ1) is 11.7. The molecule has 4 nitrogen and oxygen atoms in total. The molecule has 0 heterocycles. The molecule has 3 aromatic carbocycles. The number of hydrogen-bond acceptors (Lipinski definition) is 3. The molecule has 0 radical (unpaired) electrons. The first kappa shape index (κ1) is 14.6. The Morgan fingerprint density at radius 2 is 1.62 bits per heavy atom. The number of carbonyl (C=O) groups excluding carboxylic acids is 2. The van der Waals surface area contributed by atoms with Crippen LogP contribution in [0.1, 0.15) is 26.3 Å². The molecule has 1 N–H and O–H groups in total. The molecule has 0 unspecified atom stereocenters. The van der Waals surface area contributed by atoms with Gasteiger partial charge >= 0.3 is 0 Å². The van der Waals surface area contributed by atoms with Crippen molar-refractivity contribution in [2.45, 2.75) is 0 Å². The highest BCUT2D eigenvalue weighted by Crippen LogP contribution is 2.30. The van der Waals surface area contributed by atoms with Gasteiger partial charge in [-0.1, -0.05) is 60.1 Å². The maximum atomic E-state index is 12.6. The van der Waals surface area contributed by atoms with Gasteiger partial charge in [-0.15, -0.1) is 0 Å². The molecule has 24 heavy (non-hydrogen) atoms. The van der Waals surface area contributed by atoms with Gasteiger partial charge < -0.3 is 0 Å². The number of hydrazone groups is 1. The molecule has 0 aromatic heterocycles. The van der Waals surface area contributed by atoms with Crippen LogP contribution in [0.4, 0.5) is 0 Å². The SMILES string of the molecule is O=C(N/N=C1\C(=O)c2cccc3cccc1c23)c1ccccc1Cl. The number of halogens is 1. The highest BCUT2D eigenvalue weighted by Gasteiger charge is 2.29. The topological polar surface area (TPSA) is 58.5 Å². The third-order valence-corrected chi connectivity index (χ3v) is 4.34. The minimum atomic E-state index is -0.455. The van der Waals surface area contributed by atoms with Crippen LogP contribution >= 0.6 is 11.6 Å². The lowest BCUT2D eigenvalue weighted by Crippen LogP contribution is -2.22. The number of benzene rings is 3. The number of amides is 1. The van der Waals surface area contributed by atoms with Gasteiger partial charge in [0.05, 0.1) is 10.6 Å². The monoisotopic (exact) mass is 334 g/mol. The molecule has 0 saturated heterocycles. The average molecular weight is 335 g/mol. The Bertz CT molecular complexity index is 1040. The summed E-state index contributed by atoms with van der Waals surface area (Å²) < 4.78 is 0. The molecule has 0 bridgehead atoms. The van der Waals surface area contributed by atoms with Crippen LogP contribution in [-0.2, 0) is 0 Å². The van der Waals surface area contributed by atoms with Crippen LogP contribution in [0.15, 0.2) is 65.8 Å². The zero-order valence-corrected chi connectivity index (χ0v) is 13.2. The van der Waals surface area contributed by atoms with Crippen molar-refractivity contribution in [3.05, 3.63) is 82.4 Å². The number of hydrogen-bond donors (Lipinski definition) is 1. The fraction of sp³-hybridized carbons (Fsp3) is 0. The third kappa shape index (κ3) is 2.20. The van der Waals surface area contributed by atoms with Crippen molar-refractivity contribution in [1.82, 2.24) is 5.43 Å². The van der Waals surface area contributed by atoms with E-state index in [-0.39, 0.29) is 11.5 Å². The maximum absolute atomic E-state index is 12.6. The molecule has 116 valence electrons. The van der Waals surface area contributed by atoms with Crippen LogP contribution in [0.5, 0.6) is 0 Å². The van der Waals surface area contributed by atoms with Gasteiger partial charge in [0.15, 0.2) is 0 Å². The van der Waals surface area contributed by atoms with Crippen molar-refractivity contribution in [3.8, 4) is 0 Å². The van der Waals surface area contributed by atoms with Crippen molar-refractivity contribution in [1.29, 1.82) is 0 Å². The van der Waals surface area contributed by atoms with Gasteiger partial charge in [0, 0.05) is 16.5 Å². The highest BCUT2D eigenvalue weighted by molar-refractivity contribution is 6.59. The van der Waals surface area contributed by atoms with E-state index in [1.807, 2.05) is 30.3 Å². The normalized spacial score (nSPS) is 14.4. The molecular weight excluding hydrogens is 324 g/mol. The van der Waals surface area contributed by atoms with E-state index in [1.54, 1.807) is 30.3 Å². The Balaban J connectivity index is 1.73. The van der Waals surface area contributed by atoms with Gasteiger partial charge in [0.25, 0.3) is 5.91 Å². The van der Waals surface area contributed by atoms with Crippen molar-refractivity contribution in [3.63, 3.8) is 0 Å². The van der Waals surface area contributed by atoms with Crippen molar-refractivity contribution < 1.29 is 9.59 Å². The lowest BCUT2D eigenvalue weighted by Gasteiger charge is -2.03. The van der Waals surface area contributed by atoms with Crippen molar-refractivity contribution >= 4 is 39.8 Å². The molecule has 3 aromatic rings. The summed E-state index contributed by atoms with van der Waals surface area (Å²) >= 11 is 6.01. The number of nitrogens with zero attached hydrogens (tertiary/aromatic N) is 1. The van der Waals surface area contributed by atoms with Gasteiger partial charge in [-0.05, 0) is 17.5 Å².